The van der Waals surface area contributed by atoms with Crippen LogP contribution in [0.5, 0.6) is 5.75 Å². The van der Waals surface area contributed by atoms with E-state index in [1.54, 1.807) is 26.0 Å². The van der Waals surface area contributed by atoms with Crippen molar-refractivity contribution < 1.29 is 39.9 Å². The van der Waals surface area contributed by atoms with Crippen LogP contribution in [0.25, 0.3) is 0 Å². The van der Waals surface area contributed by atoms with Gasteiger partial charge in [-0.1, -0.05) is 26.0 Å². The molecule has 0 heterocycles. The number of nitrogens with two attached hydrogens (primary N) is 3. The van der Waals surface area contributed by atoms with E-state index in [-0.39, 0.29) is 18.1 Å². The Bertz CT molecular complexity index is 610. The summed E-state index contributed by atoms with van der Waals surface area (Å²) < 4.78 is 0. The average Bonchev–Trinajstić information content (AvgIpc) is 2.62. The van der Waals surface area contributed by atoms with Crippen molar-refractivity contribution >= 4 is 17.9 Å². The van der Waals surface area contributed by atoms with Crippen LogP contribution in [-0.2, 0) is 20.8 Å². The number of rotatable bonds is 7. The molecule has 166 valence electrons. The van der Waals surface area contributed by atoms with E-state index in [0.717, 1.165) is 5.56 Å². The van der Waals surface area contributed by atoms with Gasteiger partial charge in [-0.25, -0.2) is 0 Å². The van der Waals surface area contributed by atoms with Gasteiger partial charge in [-0.05, 0) is 37.0 Å². The molecule has 0 saturated carbocycles. The number of aliphatic hydroxyl groups is 1. The van der Waals surface area contributed by atoms with Gasteiger partial charge < -0.3 is 42.7 Å². The fourth-order valence-corrected chi connectivity index (χ4v) is 1.46. The van der Waals surface area contributed by atoms with Crippen LogP contribution in [0, 0.1) is 5.92 Å². The average molecular weight is 417 g/mol. The molecule has 0 aliphatic carbocycles. The van der Waals surface area contributed by atoms with Gasteiger partial charge in [-0.15, -0.1) is 0 Å². The number of hydrogen-bond donors (Lipinski definition) is 8. The van der Waals surface area contributed by atoms with Crippen LogP contribution in [0.1, 0.15) is 26.3 Å². The standard InChI is InChI=1S/C9H11NO3.C5H11NO2.C4H9NO3/c10-8(9(12)13)5-6-1-3-7(11)4-2-6;1-3(2)4(6)5(7)8;1-2(6)3(5)4(7)8/h1-4,8,11H,5,10H2,(H,12,13);3-4H,6H2,1-2H3,(H,7,8);2-3,6H,5H2,1H3,(H,7,8)/t8-;4-;2-,3+/m001/s1. The molecule has 11 heteroatoms. The van der Waals surface area contributed by atoms with Crippen LogP contribution in [-0.4, -0.2) is 67.7 Å². The Morgan fingerprint density at radius 1 is 0.828 bits per heavy atom. The highest BCUT2D eigenvalue weighted by Crippen LogP contribution is 2.10. The highest BCUT2D eigenvalue weighted by molar-refractivity contribution is 5.74. The molecule has 1 aromatic carbocycles. The topological polar surface area (TPSA) is 230 Å². The SMILES string of the molecule is CC(C)[C@H](N)C(=O)O.C[C@@H](O)[C@H](N)C(=O)O.N[C@@H](Cc1ccc(O)cc1)C(=O)O. The van der Waals surface area contributed by atoms with E-state index in [4.69, 9.17) is 42.7 Å². The monoisotopic (exact) mass is 417 g/mol. The minimum atomic E-state index is -1.18. The van der Waals surface area contributed by atoms with Crippen molar-refractivity contribution in [3.8, 4) is 5.75 Å². The van der Waals surface area contributed by atoms with E-state index in [1.807, 2.05) is 0 Å². The molecule has 11 nitrogen and oxygen atoms in total. The number of carbonyl (C=O) groups is 3. The molecule has 0 spiro atoms. The Labute approximate surface area is 168 Å². The highest BCUT2D eigenvalue weighted by atomic mass is 16.4. The first-order chi connectivity index (χ1) is 13.2. The summed E-state index contributed by atoms with van der Waals surface area (Å²) >= 11 is 0. The van der Waals surface area contributed by atoms with Gasteiger partial charge in [0.1, 0.15) is 23.9 Å². The van der Waals surface area contributed by atoms with Crippen molar-refractivity contribution in [1.82, 2.24) is 0 Å². The smallest absolute Gasteiger partial charge is 0.323 e. The van der Waals surface area contributed by atoms with E-state index >= 15 is 0 Å². The fraction of sp³-hybridized carbons (Fsp3) is 0.500. The molecule has 0 aromatic heterocycles. The van der Waals surface area contributed by atoms with Gasteiger partial charge in [0.2, 0.25) is 0 Å². The summed E-state index contributed by atoms with van der Waals surface area (Å²) in [4.78, 5) is 30.3. The largest absolute Gasteiger partial charge is 0.508 e. The van der Waals surface area contributed by atoms with Crippen molar-refractivity contribution in [2.45, 2.75) is 51.4 Å². The van der Waals surface area contributed by atoms with Gasteiger partial charge in [0.15, 0.2) is 0 Å². The molecule has 0 saturated heterocycles. The Morgan fingerprint density at radius 2 is 1.24 bits per heavy atom. The van der Waals surface area contributed by atoms with Gasteiger partial charge in [0.25, 0.3) is 0 Å². The number of carboxylic acids is 3. The van der Waals surface area contributed by atoms with Gasteiger partial charge in [-0.3, -0.25) is 14.4 Å². The Morgan fingerprint density at radius 3 is 1.45 bits per heavy atom. The molecule has 0 aliphatic heterocycles. The quantitative estimate of drug-likeness (QED) is 0.273. The van der Waals surface area contributed by atoms with Crippen LogP contribution in [0.2, 0.25) is 0 Å². The van der Waals surface area contributed by atoms with Gasteiger partial charge >= 0.3 is 17.9 Å². The van der Waals surface area contributed by atoms with E-state index in [0.29, 0.717) is 0 Å². The summed E-state index contributed by atoms with van der Waals surface area (Å²) in [5, 5.41) is 42.3. The minimum absolute atomic E-state index is 0.0208. The predicted molar refractivity (Wildman–Crippen MR) is 105 cm³/mol. The van der Waals surface area contributed by atoms with Gasteiger partial charge in [0, 0.05) is 0 Å². The molecule has 0 unspecified atom stereocenters. The molecular weight excluding hydrogens is 386 g/mol. The van der Waals surface area contributed by atoms with Crippen molar-refractivity contribution in [3.05, 3.63) is 29.8 Å². The lowest BCUT2D eigenvalue weighted by Crippen LogP contribution is -2.39. The van der Waals surface area contributed by atoms with Crippen LogP contribution < -0.4 is 17.2 Å². The Kier molecular flexibility index (Phi) is 14.0. The van der Waals surface area contributed by atoms with Crippen LogP contribution >= 0.6 is 0 Å². The third kappa shape index (κ3) is 14.0. The number of aromatic hydroxyl groups is 1. The molecule has 29 heavy (non-hydrogen) atoms. The maximum Gasteiger partial charge on any atom is 0.323 e. The Hall–Kier alpha value is -2.73. The van der Waals surface area contributed by atoms with Crippen LogP contribution in [0.3, 0.4) is 0 Å². The van der Waals surface area contributed by atoms with Gasteiger partial charge in [0.05, 0.1) is 6.10 Å². The second-order valence-corrected chi connectivity index (χ2v) is 6.53. The first-order valence-corrected chi connectivity index (χ1v) is 8.61. The minimum Gasteiger partial charge on any atom is -0.508 e. The van der Waals surface area contributed by atoms with Gasteiger partial charge in [-0.2, -0.15) is 0 Å². The van der Waals surface area contributed by atoms with Crippen molar-refractivity contribution in [2.75, 3.05) is 0 Å². The number of phenolic OH excluding ortho intramolecular Hbond substituents is 1. The van der Waals surface area contributed by atoms with Crippen molar-refractivity contribution in [2.24, 2.45) is 23.1 Å². The number of aliphatic carboxylic acids is 3. The third-order valence-electron chi connectivity index (χ3n) is 3.52. The highest BCUT2D eigenvalue weighted by Gasteiger charge is 2.16. The zero-order valence-electron chi connectivity index (χ0n) is 16.6. The molecule has 1 aromatic rings. The zero-order chi connectivity index (χ0) is 23.3. The summed E-state index contributed by atoms with van der Waals surface area (Å²) in [7, 11) is 0. The summed E-state index contributed by atoms with van der Waals surface area (Å²) in [6.07, 6.45) is -0.706. The first-order valence-electron chi connectivity index (χ1n) is 8.61. The lowest BCUT2D eigenvalue weighted by Gasteiger charge is -2.07. The summed E-state index contributed by atoms with van der Waals surface area (Å²) in [5.41, 5.74) is 16.2. The third-order valence-corrected chi connectivity index (χ3v) is 3.52. The van der Waals surface area contributed by atoms with Crippen LogP contribution in [0.4, 0.5) is 0 Å². The second-order valence-electron chi connectivity index (χ2n) is 6.53. The van der Waals surface area contributed by atoms with Crippen LogP contribution in [0.15, 0.2) is 24.3 Å². The van der Waals surface area contributed by atoms with E-state index in [9.17, 15) is 14.4 Å². The molecule has 1 rings (SSSR count). The van der Waals surface area contributed by atoms with E-state index < -0.39 is 42.1 Å². The normalized spacial score (nSPS) is 14.2. The summed E-state index contributed by atoms with van der Waals surface area (Å²) in [6, 6.07) is 3.55. The van der Waals surface area contributed by atoms with E-state index in [2.05, 4.69) is 0 Å². The zero-order valence-corrected chi connectivity index (χ0v) is 16.6. The molecule has 11 N–H and O–H groups in total. The first kappa shape index (κ1) is 28.5. The fourth-order valence-electron chi connectivity index (χ4n) is 1.46. The maximum absolute atomic E-state index is 10.4. The molecule has 0 radical (unpaired) electrons. The van der Waals surface area contributed by atoms with E-state index in [1.165, 1.54) is 19.1 Å². The predicted octanol–water partition coefficient (Wildman–Crippen LogP) is -0.820. The molecule has 0 bridgehead atoms. The molecule has 4 atom stereocenters. The van der Waals surface area contributed by atoms with Crippen molar-refractivity contribution in [1.29, 1.82) is 0 Å². The Balaban J connectivity index is 0. The summed E-state index contributed by atoms with van der Waals surface area (Å²) in [6.45, 7) is 4.89. The second kappa shape index (κ2) is 14.3. The molecular formula is C18H31N3O8. The number of aliphatic hydroxyl groups excluding tert-OH is 1. The lowest BCUT2D eigenvalue weighted by molar-refractivity contribution is -0.141. The number of benzene rings is 1. The number of phenols is 1. The molecule has 0 aliphatic rings. The molecule has 0 amide bonds. The summed E-state index contributed by atoms with van der Waals surface area (Å²) in [5.74, 6) is -2.95. The maximum atomic E-state index is 10.4. The number of hydrogen-bond acceptors (Lipinski definition) is 8. The lowest BCUT2D eigenvalue weighted by atomic mass is 10.1. The van der Waals surface area contributed by atoms with Crippen molar-refractivity contribution in [3.63, 3.8) is 0 Å². The number of carboxylic acid groups (broad SMARTS) is 3. The molecule has 0 fully saturated rings.